The Balaban J connectivity index is 3.35. The first-order chi connectivity index (χ1) is 7.13. The molecular formula is C10H8BrNO3. The van der Waals surface area contributed by atoms with Gasteiger partial charge >= 0.3 is 5.97 Å². The first-order valence-corrected chi connectivity index (χ1v) is 4.85. The molecule has 78 valence electrons. The molecule has 0 fully saturated rings. The molecule has 0 atom stereocenters. The highest BCUT2D eigenvalue weighted by Gasteiger charge is 2.14. The maximum atomic E-state index is 11.3. The van der Waals surface area contributed by atoms with Gasteiger partial charge in [0.1, 0.15) is 6.07 Å². The van der Waals surface area contributed by atoms with Crippen LogP contribution in [0.3, 0.4) is 0 Å². The topological polar surface area (TPSA) is 70.3 Å². The summed E-state index contributed by atoms with van der Waals surface area (Å²) < 4.78 is 5.11. The SMILES string of the molecule is COC(=O)c1cc(Br)c(CO)cc1C#N. The van der Waals surface area contributed by atoms with Gasteiger partial charge in [-0.2, -0.15) is 5.26 Å². The number of nitriles is 1. The van der Waals surface area contributed by atoms with Crippen molar-refractivity contribution < 1.29 is 14.6 Å². The van der Waals surface area contributed by atoms with E-state index in [-0.39, 0.29) is 17.7 Å². The van der Waals surface area contributed by atoms with Gasteiger partial charge in [0.25, 0.3) is 0 Å². The zero-order valence-electron chi connectivity index (χ0n) is 7.95. The quantitative estimate of drug-likeness (QED) is 0.828. The fourth-order valence-corrected chi connectivity index (χ4v) is 1.58. The molecule has 1 aromatic carbocycles. The van der Waals surface area contributed by atoms with Crippen molar-refractivity contribution in [1.82, 2.24) is 0 Å². The molecule has 15 heavy (non-hydrogen) atoms. The maximum absolute atomic E-state index is 11.3. The molecule has 0 heterocycles. The summed E-state index contributed by atoms with van der Waals surface area (Å²) in [7, 11) is 1.25. The first kappa shape index (κ1) is 11.7. The molecule has 0 bridgehead atoms. The van der Waals surface area contributed by atoms with E-state index in [1.54, 1.807) is 0 Å². The van der Waals surface area contributed by atoms with Crippen LogP contribution in [-0.2, 0) is 11.3 Å². The number of benzene rings is 1. The van der Waals surface area contributed by atoms with Gasteiger partial charge in [0.15, 0.2) is 0 Å². The van der Waals surface area contributed by atoms with Crippen molar-refractivity contribution in [2.45, 2.75) is 6.61 Å². The molecule has 0 spiro atoms. The van der Waals surface area contributed by atoms with Crippen molar-refractivity contribution in [3.8, 4) is 6.07 Å². The van der Waals surface area contributed by atoms with Gasteiger partial charge in [0.05, 0.1) is 24.8 Å². The predicted octanol–water partition coefficient (Wildman–Crippen LogP) is 1.60. The van der Waals surface area contributed by atoms with Crippen LogP contribution in [0.15, 0.2) is 16.6 Å². The molecule has 0 amide bonds. The lowest BCUT2D eigenvalue weighted by Crippen LogP contribution is -2.05. The number of hydrogen-bond acceptors (Lipinski definition) is 4. The highest BCUT2D eigenvalue weighted by Crippen LogP contribution is 2.22. The summed E-state index contributed by atoms with van der Waals surface area (Å²) in [5, 5.41) is 17.8. The molecule has 0 radical (unpaired) electrons. The molecule has 0 saturated carbocycles. The molecular weight excluding hydrogens is 262 g/mol. The average Bonchev–Trinajstić information content (AvgIpc) is 2.27. The molecule has 0 aliphatic heterocycles. The van der Waals surface area contributed by atoms with Crippen LogP contribution in [0.1, 0.15) is 21.5 Å². The largest absolute Gasteiger partial charge is 0.465 e. The van der Waals surface area contributed by atoms with Crippen LogP contribution < -0.4 is 0 Å². The molecule has 0 aliphatic rings. The van der Waals surface area contributed by atoms with E-state index < -0.39 is 5.97 Å². The van der Waals surface area contributed by atoms with Gasteiger partial charge < -0.3 is 9.84 Å². The molecule has 1 N–H and O–H groups in total. The number of ether oxygens (including phenoxy) is 1. The van der Waals surface area contributed by atoms with Crippen LogP contribution in [0.25, 0.3) is 0 Å². The Hall–Kier alpha value is -1.38. The number of nitrogens with zero attached hydrogens (tertiary/aromatic N) is 1. The van der Waals surface area contributed by atoms with Crippen LogP contribution in [-0.4, -0.2) is 18.2 Å². The summed E-state index contributed by atoms with van der Waals surface area (Å²) in [4.78, 5) is 11.3. The minimum Gasteiger partial charge on any atom is -0.465 e. The summed E-state index contributed by atoms with van der Waals surface area (Å²) in [5.74, 6) is -0.572. The maximum Gasteiger partial charge on any atom is 0.339 e. The minimum absolute atomic E-state index is 0.184. The van der Waals surface area contributed by atoms with Gasteiger partial charge in [0, 0.05) is 4.47 Å². The van der Waals surface area contributed by atoms with Crippen molar-refractivity contribution in [3.63, 3.8) is 0 Å². The summed E-state index contributed by atoms with van der Waals surface area (Å²) in [6.07, 6.45) is 0. The molecule has 0 aliphatic carbocycles. The van der Waals surface area contributed by atoms with E-state index in [0.717, 1.165) is 0 Å². The summed E-state index contributed by atoms with van der Waals surface area (Å²) in [5.41, 5.74) is 0.928. The minimum atomic E-state index is -0.572. The van der Waals surface area contributed by atoms with Gasteiger partial charge in [-0.3, -0.25) is 0 Å². The Bertz CT molecular complexity index is 437. The van der Waals surface area contributed by atoms with E-state index in [0.29, 0.717) is 10.0 Å². The third-order valence-corrected chi connectivity index (χ3v) is 2.62. The summed E-state index contributed by atoms with van der Waals surface area (Å²) in [6, 6.07) is 4.80. The predicted molar refractivity (Wildman–Crippen MR) is 56.1 cm³/mol. The Morgan fingerprint density at radius 3 is 2.80 bits per heavy atom. The highest BCUT2D eigenvalue weighted by molar-refractivity contribution is 9.10. The fourth-order valence-electron chi connectivity index (χ4n) is 1.11. The molecule has 0 saturated heterocycles. The molecule has 5 heteroatoms. The Morgan fingerprint density at radius 2 is 2.33 bits per heavy atom. The molecule has 4 nitrogen and oxygen atoms in total. The van der Waals surface area contributed by atoms with Crippen molar-refractivity contribution in [2.24, 2.45) is 0 Å². The number of carbonyl (C=O) groups excluding carboxylic acids is 1. The monoisotopic (exact) mass is 269 g/mol. The standard InChI is InChI=1S/C10H8BrNO3/c1-15-10(14)8-3-9(11)7(5-13)2-6(8)4-12/h2-3,13H,5H2,1H3. The number of rotatable bonds is 2. The van der Waals surface area contributed by atoms with Crippen LogP contribution in [0, 0.1) is 11.3 Å². The number of halogens is 1. The van der Waals surface area contributed by atoms with E-state index in [1.165, 1.54) is 19.2 Å². The van der Waals surface area contributed by atoms with Gasteiger partial charge in [0.2, 0.25) is 0 Å². The van der Waals surface area contributed by atoms with Crippen molar-refractivity contribution in [2.75, 3.05) is 7.11 Å². The lowest BCUT2D eigenvalue weighted by Gasteiger charge is -2.06. The van der Waals surface area contributed by atoms with E-state index in [4.69, 9.17) is 10.4 Å². The van der Waals surface area contributed by atoms with E-state index >= 15 is 0 Å². The van der Waals surface area contributed by atoms with Crippen molar-refractivity contribution >= 4 is 21.9 Å². The molecule has 1 rings (SSSR count). The van der Waals surface area contributed by atoms with Crippen LogP contribution in [0.2, 0.25) is 0 Å². The Kier molecular flexibility index (Phi) is 3.83. The van der Waals surface area contributed by atoms with Crippen molar-refractivity contribution in [3.05, 3.63) is 33.3 Å². The molecule has 0 unspecified atom stereocenters. The Labute approximate surface area is 95.2 Å². The number of esters is 1. The van der Waals surface area contributed by atoms with Crippen LogP contribution in [0.4, 0.5) is 0 Å². The summed E-state index contributed by atoms with van der Waals surface area (Å²) >= 11 is 3.19. The average molecular weight is 270 g/mol. The number of hydrogen-bond donors (Lipinski definition) is 1. The second kappa shape index (κ2) is 4.91. The van der Waals surface area contributed by atoms with Crippen LogP contribution >= 0.6 is 15.9 Å². The van der Waals surface area contributed by atoms with E-state index in [1.807, 2.05) is 6.07 Å². The van der Waals surface area contributed by atoms with Gasteiger partial charge in [-0.1, -0.05) is 15.9 Å². The van der Waals surface area contributed by atoms with Gasteiger partial charge in [-0.15, -0.1) is 0 Å². The molecule has 1 aromatic rings. The second-order valence-corrected chi connectivity index (χ2v) is 3.61. The van der Waals surface area contributed by atoms with Crippen molar-refractivity contribution in [1.29, 1.82) is 5.26 Å². The second-order valence-electron chi connectivity index (χ2n) is 2.75. The summed E-state index contributed by atoms with van der Waals surface area (Å²) in [6.45, 7) is -0.198. The zero-order chi connectivity index (χ0) is 11.4. The third kappa shape index (κ3) is 2.35. The lowest BCUT2D eigenvalue weighted by atomic mass is 10.1. The van der Waals surface area contributed by atoms with Gasteiger partial charge in [-0.05, 0) is 17.7 Å². The Morgan fingerprint density at radius 1 is 1.67 bits per heavy atom. The van der Waals surface area contributed by atoms with E-state index in [9.17, 15) is 4.79 Å². The first-order valence-electron chi connectivity index (χ1n) is 4.05. The number of methoxy groups -OCH3 is 1. The third-order valence-electron chi connectivity index (χ3n) is 1.88. The lowest BCUT2D eigenvalue weighted by molar-refractivity contribution is 0.0600. The van der Waals surface area contributed by atoms with E-state index in [2.05, 4.69) is 20.7 Å². The number of aliphatic hydroxyl groups excluding tert-OH is 1. The van der Waals surface area contributed by atoms with Crippen LogP contribution in [0.5, 0.6) is 0 Å². The molecule has 0 aromatic heterocycles. The number of carbonyl (C=O) groups is 1. The smallest absolute Gasteiger partial charge is 0.339 e. The zero-order valence-corrected chi connectivity index (χ0v) is 9.54. The fraction of sp³-hybridized carbons (Fsp3) is 0.200. The highest BCUT2D eigenvalue weighted by atomic mass is 79.9. The van der Waals surface area contributed by atoms with Gasteiger partial charge in [-0.25, -0.2) is 4.79 Å². The number of aliphatic hydroxyl groups is 1. The normalized spacial score (nSPS) is 9.47.